The number of rotatable bonds is 5. The molecule has 0 aliphatic heterocycles. The molecule has 1 aliphatic rings. The van der Waals surface area contributed by atoms with E-state index in [1.807, 2.05) is 13.0 Å². The lowest BCUT2D eigenvalue weighted by molar-refractivity contribution is 0.0506. The fourth-order valence-corrected chi connectivity index (χ4v) is 2.35. The third-order valence-corrected chi connectivity index (χ3v) is 3.29. The molecule has 1 aromatic rings. The van der Waals surface area contributed by atoms with Gasteiger partial charge in [0.25, 0.3) is 0 Å². The largest absolute Gasteiger partial charge is 0.379 e. The molecule has 2 atom stereocenters. The summed E-state index contributed by atoms with van der Waals surface area (Å²) in [5.41, 5.74) is 4.50. The maximum absolute atomic E-state index is 13.4. The standard InChI is InChI=1S/C13H19FN2O/c1-8-5-10(7-11(14)6-8)12(16-15)13(17-2)9-3-4-9/h5-7,9,12-13,16H,3-4,15H2,1-2H3. The van der Waals surface area contributed by atoms with Gasteiger partial charge in [-0.2, -0.15) is 0 Å². The van der Waals surface area contributed by atoms with Crippen molar-refractivity contribution in [3.8, 4) is 0 Å². The summed E-state index contributed by atoms with van der Waals surface area (Å²) >= 11 is 0. The Bertz CT molecular complexity index is 373. The van der Waals surface area contributed by atoms with Crippen molar-refractivity contribution < 1.29 is 9.13 Å². The number of halogens is 1. The number of nitrogens with two attached hydrogens (primary N) is 1. The van der Waals surface area contributed by atoms with Crippen molar-refractivity contribution in [2.75, 3.05) is 7.11 Å². The van der Waals surface area contributed by atoms with E-state index in [1.165, 1.54) is 12.1 Å². The van der Waals surface area contributed by atoms with Gasteiger partial charge in [0.05, 0.1) is 12.1 Å². The molecular weight excluding hydrogens is 219 g/mol. The van der Waals surface area contributed by atoms with E-state index in [0.717, 1.165) is 24.0 Å². The average Bonchev–Trinajstić information content (AvgIpc) is 3.08. The first kappa shape index (κ1) is 12.5. The molecule has 0 aromatic heterocycles. The van der Waals surface area contributed by atoms with Gasteiger partial charge in [-0.3, -0.25) is 11.3 Å². The first-order chi connectivity index (χ1) is 8.15. The van der Waals surface area contributed by atoms with Gasteiger partial charge in [-0.15, -0.1) is 0 Å². The Hall–Kier alpha value is -0.970. The molecule has 4 heteroatoms. The molecule has 0 saturated heterocycles. The Balaban J connectivity index is 2.26. The van der Waals surface area contributed by atoms with Crippen molar-refractivity contribution in [1.82, 2.24) is 5.43 Å². The molecular formula is C13H19FN2O. The second-order valence-electron chi connectivity index (χ2n) is 4.74. The van der Waals surface area contributed by atoms with Crippen LogP contribution in [-0.4, -0.2) is 13.2 Å². The van der Waals surface area contributed by atoms with Gasteiger partial charge in [-0.1, -0.05) is 6.07 Å². The van der Waals surface area contributed by atoms with Crippen LogP contribution in [0.3, 0.4) is 0 Å². The van der Waals surface area contributed by atoms with Crippen molar-refractivity contribution in [1.29, 1.82) is 0 Å². The molecule has 1 aliphatic carbocycles. The summed E-state index contributed by atoms with van der Waals surface area (Å²) in [6, 6.07) is 4.83. The number of aryl methyl sites for hydroxylation is 1. The van der Waals surface area contributed by atoms with E-state index in [-0.39, 0.29) is 18.0 Å². The van der Waals surface area contributed by atoms with Crippen molar-refractivity contribution in [2.45, 2.75) is 31.9 Å². The smallest absolute Gasteiger partial charge is 0.123 e. The number of methoxy groups -OCH3 is 1. The van der Waals surface area contributed by atoms with Crippen molar-refractivity contribution in [3.05, 3.63) is 35.1 Å². The molecule has 1 fully saturated rings. The van der Waals surface area contributed by atoms with Crippen molar-refractivity contribution >= 4 is 0 Å². The Morgan fingerprint density at radius 2 is 2.12 bits per heavy atom. The zero-order chi connectivity index (χ0) is 12.4. The van der Waals surface area contributed by atoms with E-state index in [1.54, 1.807) is 7.11 Å². The molecule has 2 rings (SSSR count). The van der Waals surface area contributed by atoms with Crippen LogP contribution in [0.5, 0.6) is 0 Å². The molecule has 0 amide bonds. The quantitative estimate of drug-likeness (QED) is 0.610. The fourth-order valence-electron chi connectivity index (χ4n) is 2.35. The first-order valence-electron chi connectivity index (χ1n) is 5.91. The van der Waals surface area contributed by atoms with Gasteiger partial charge < -0.3 is 4.74 Å². The highest BCUT2D eigenvalue weighted by Crippen LogP contribution is 2.39. The lowest BCUT2D eigenvalue weighted by Gasteiger charge is -2.26. The van der Waals surface area contributed by atoms with Crippen molar-refractivity contribution in [3.63, 3.8) is 0 Å². The van der Waals surface area contributed by atoms with Gasteiger partial charge in [-0.25, -0.2) is 4.39 Å². The summed E-state index contributed by atoms with van der Waals surface area (Å²) in [6.07, 6.45) is 2.33. The predicted octanol–water partition coefficient (Wildman–Crippen LogP) is 2.06. The first-order valence-corrected chi connectivity index (χ1v) is 5.91. The topological polar surface area (TPSA) is 47.3 Å². The van der Waals surface area contributed by atoms with E-state index in [9.17, 15) is 4.39 Å². The highest BCUT2D eigenvalue weighted by Gasteiger charge is 2.37. The zero-order valence-corrected chi connectivity index (χ0v) is 10.2. The Kier molecular flexibility index (Phi) is 3.76. The minimum absolute atomic E-state index is 0.0150. The second-order valence-corrected chi connectivity index (χ2v) is 4.74. The molecule has 17 heavy (non-hydrogen) atoms. The van der Waals surface area contributed by atoms with Gasteiger partial charge in [0.1, 0.15) is 5.82 Å². The highest BCUT2D eigenvalue weighted by atomic mass is 19.1. The van der Waals surface area contributed by atoms with E-state index in [2.05, 4.69) is 5.43 Å². The number of hydrazine groups is 1. The molecule has 3 nitrogen and oxygen atoms in total. The molecule has 1 aromatic carbocycles. The van der Waals surface area contributed by atoms with Gasteiger partial charge in [-0.05, 0) is 48.9 Å². The number of hydrogen-bond donors (Lipinski definition) is 2. The van der Waals surface area contributed by atoms with E-state index < -0.39 is 0 Å². The molecule has 94 valence electrons. The second kappa shape index (κ2) is 5.12. The van der Waals surface area contributed by atoms with Crippen LogP contribution < -0.4 is 11.3 Å². The molecule has 2 unspecified atom stereocenters. The lowest BCUT2D eigenvalue weighted by atomic mass is 9.97. The summed E-state index contributed by atoms with van der Waals surface area (Å²) in [5.74, 6) is 5.90. The van der Waals surface area contributed by atoms with Crippen molar-refractivity contribution in [2.24, 2.45) is 11.8 Å². The third kappa shape index (κ3) is 2.83. The van der Waals surface area contributed by atoms with Crippen LogP contribution in [0.15, 0.2) is 18.2 Å². The van der Waals surface area contributed by atoms with Gasteiger partial charge in [0.15, 0.2) is 0 Å². The maximum atomic E-state index is 13.4. The van der Waals surface area contributed by atoms with Crippen LogP contribution >= 0.6 is 0 Å². The average molecular weight is 238 g/mol. The number of nitrogens with one attached hydrogen (secondary N) is 1. The summed E-state index contributed by atoms with van der Waals surface area (Å²) in [4.78, 5) is 0. The summed E-state index contributed by atoms with van der Waals surface area (Å²) < 4.78 is 18.9. The Morgan fingerprint density at radius 1 is 1.41 bits per heavy atom. The van der Waals surface area contributed by atoms with Crippen LogP contribution in [-0.2, 0) is 4.74 Å². The number of ether oxygens (including phenoxy) is 1. The third-order valence-electron chi connectivity index (χ3n) is 3.29. The van der Waals surface area contributed by atoms with Crippen LogP contribution in [0.1, 0.15) is 30.0 Å². The maximum Gasteiger partial charge on any atom is 0.123 e. The van der Waals surface area contributed by atoms with Crippen LogP contribution in [0.2, 0.25) is 0 Å². The fraction of sp³-hybridized carbons (Fsp3) is 0.538. The van der Waals surface area contributed by atoms with E-state index in [4.69, 9.17) is 10.6 Å². The van der Waals surface area contributed by atoms with E-state index >= 15 is 0 Å². The van der Waals surface area contributed by atoms with Crippen LogP contribution in [0.25, 0.3) is 0 Å². The number of benzene rings is 1. The lowest BCUT2D eigenvalue weighted by Crippen LogP contribution is -2.38. The summed E-state index contributed by atoms with van der Waals surface area (Å²) in [7, 11) is 1.68. The molecule has 0 radical (unpaired) electrons. The minimum atomic E-state index is -0.231. The zero-order valence-electron chi connectivity index (χ0n) is 10.2. The van der Waals surface area contributed by atoms with Gasteiger partial charge in [0, 0.05) is 7.11 Å². The van der Waals surface area contributed by atoms with Gasteiger partial charge in [0.2, 0.25) is 0 Å². The Labute approximate surface area is 101 Å². The monoisotopic (exact) mass is 238 g/mol. The number of hydrogen-bond acceptors (Lipinski definition) is 3. The molecule has 0 spiro atoms. The molecule has 0 heterocycles. The molecule has 3 N–H and O–H groups in total. The SMILES string of the molecule is COC(C1CC1)C(NN)c1cc(C)cc(F)c1. The van der Waals surface area contributed by atoms with E-state index in [0.29, 0.717) is 5.92 Å². The van der Waals surface area contributed by atoms with Gasteiger partial charge >= 0.3 is 0 Å². The highest BCUT2D eigenvalue weighted by molar-refractivity contribution is 5.27. The Morgan fingerprint density at radius 3 is 2.59 bits per heavy atom. The molecule has 1 saturated carbocycles. The predicted molar refractivity (Wildman–Crippen MR) is 64.7 cm³/mol. The summed E-state index contributed by atoms with van der Waals surface area (Å²) in [6.45, 7) is 1.87. The van der Waals surface area contributed by atoms with Crippen LogP contribution in [0, 0.1) is 18.7 Å². The minimum Gasteiger partial charge on any atom is -0.379 e. The summed E-state index contributed by atoms with van der Waals surface area (Å²) in [5, 5.41) is 0. The normalized spacial score (nSPS) is 19.1. The van der Waals surface area contributed by atoms with Crippen LogP contribution in [0.4, 0.5) is 4.39 Å². The molecule has 0 bridgehead atoms.